The molecule has 5 heteroatoms. The van der Waals surface area contributed by atoms with Crippen molar-refractivity contribution in [1.29, 1.82) is 0 Å². The third-order valence-corrected chi connectivity index (χ3v) is 8.45. The molecule has 154 valence electrons. The zero-order chi connectivity index (χ0) is 20.3. The second-order valence-electron chi connectivity index (χ2n) is 9.87. The topological polar surface area (TPSA) is 78.4 Å². The van der Waals surface area contributed by atoms with Crippen molar-refractivity contribution < 1.29 is 14.7 Å². The van der Waals surface area contributed by atoms with Crippen LogP contribution >= 0.6 is 0 Å². The Hall–Kier alpha value is -1.78. The van der Waals surface area contributed by atoms with Crippen LogP contribution in [0.2, 0.25) is 0 Å². The zero-order valence-corrected chi connectivity index (χ0v) is 17.6. The number of carbonyl (C=O) groups is 2. The van der Waals surface area contributed by atoms with E-state index in [2.05, 4.69) is 24.5 Å². The van der Waals surface area contributed by atoms with Crippen molar-refractivity contribution in [2.75, 3.05) is 0 Å². The Morgan fingerprint density at radius 2 is 1.82 bits per heavy atom. The Kier molecular flexibility index (Phi) is 4.63. The highest BCUT2D eigenvalue weighted by Crippen LogP contribution is 2.63. The highest BCUT2D eigenvalue weighted by molar-refractivity contribution is 5.74. The van der Waals surface area contributed by atoms with Gasteiger partial charge in [0.05, 0.1) is 11.8 Å². The first-order chi connectivity index (χ1) is 13.2. The smallest absolute Gasteiger partial charge is 0.217 e. The van der Waals surface area contributed by atoms with Crippen LogP contribution in [0, 0.1) is 22.7 Å². The van der Waals surface area contributed by atoms with Gasteiger partial charge >= 0.3 is 0 Å². The molecule has 0 aromatic rings. The molecule has 2 amide bonds. The molecule has 5 nitrogen and oxygen atoms in total. The van der Waals surface area contributed by atoms with E-state index in [1.54, 1.807) is 13.8 Å². The number of hydrogen-bond donors (Lipinski definition) is 3. The van der Waals surface area contributed by atoms with Crippen molar-refractivity contribution in [2.24, 2.45) is 22.7 Å². The average molecular weight is 387 g/mol. The fourth-order valence-electron chi connectivity index (χ4n) is 7.03. The molecule has 0 spiro atoms. The monoisotopic (exact) mass is 386 g/mol. The molecule has 0 bridgehead atoms. The molecule has 0 aliphatic heterocycles. The van der Waals surface area contributed by atoms with Crippen LogP contribution in [0.4, 0.5) is 0 Å². The Labute approximate surface area is 168 Å². The predicted octanol–water partition coefficient (Wildman–Crippen LogP) is 3.76. The molecule has 2 saturated carbocycles. The molecule has 0 radical (unpaired) electrons. The van der Waals surface area contributed by atoms with Gasteiger partial charge < -0.3 is 15.7 Å². The van der Waals surface area contributed by atoms with Crippen LogP contribution in [0.15, 0.2) is 23.0 Å². The van der Waals surface area contributed by atoms with Crippen LogP contribution in [0.3, 0.4) is 0 Å². The van der Waals surface area contributed by atoms with Crippen LogP contribution in [0.1, 0.15) is 72.6 Å². The number of carbonyl (C=O) groups excluding carboxylic acids is 2. The normalized spacial score (nSPS) is 42.1. The standard InChI is InChI=1S/C23H34N2O3/c1-13(26)24-18-12-15-6-5-7-20(28)23(15,4)17-10-11-22(3)16(21(17)18)8-9-19(22)25-14(2)27/h7,15,17-19,28H,5-6,8-12H2,1-4H3,(H,24,26)(H,25,27)/t15-,17-,18-,19-,22-,23-/m0/s1. The number of aliphatic hydroxyl groups is 1. The van der Waals surface area contributed by atoms with Crippen LogP contribution in [0.5, 0.6) is 0 Å². The lowest BCUT2D eigenvalue weighted by molar-refractivity contribution is -0.120. The minimum absolute atomic E-state index is 0.0136. The lowest BCUT2D eigenvalue weighted by Crippen LogP contribution is -2.55. The second kappa shape index (κ2) is 6.64. The van der Waals surface area contributed by atoms with Crippen molar-refractivity contribution in [3.63, 3.8) is 0 Å². The summed E-state index contributed by atoms with van der Waals surface area (Å²) in [7, 11) is 0. The number of aliphatic hydroxyl groups excluding tert-OH is 1. The van der Waals surface area contributed by atoms with E-state index >= 15 is 0 Å². The van der Waals surface area contributed by atoms with E-state index in [0.29, 0.717) is 11.7 Å². The van der Waals surface area contributed by atoms with Crippen molar-refractivity contribution in [3.8, 4) is 0 Å². The SMILES string of the molecule is CC(=O)N[C@H]1C[C@@H]2CCC=C(O)[C@]2(C)[C@H]2CC[C@@]3(C)C(=C12)CC[C@@H]3NC(C)=O. The quantitative estimate of drug-likeness (QED) is 0.632. The maximum absolute atomic E-state index is 12.0. The Balaban J connectivity index is 1.82. The average Bonchev–Trinajstić information content (AvgIpc) is 2.92. The fraction of sp³-hybridized carbons (Fsp3) is 0.739. The van der Waals surface area contributed by atoms with Gasteiger partial charge in [-0.15, -0.1) is 0 Å². The van der Waals surface area contributed by atoms with Crippen molar-refractivity contribution >= 4 is 11.8 Å². The van der Waals surface area contributed by atoms with Crippen molar-refractivity contribution in [2.45, 2.75) is 84.7 Å². The van der Waals surface area contributed by atoms with Gasteiger partial charge in [-0.3, -0.25) is 9.59 Å². The minimum Gasteiger partial charge on any atom is -0.512 e. The molecule has 0 aromatic carbocycles. The fourth-order valence-corrected chi connectivity index (χ4v) is 7.03. The first kappa shape index (κ1) is 19.5. The van der Waals surface area contributed by atoms with Crippen LogP contribution in [-0.2, 0) is 9.59 Å². The molecule has 4 aliphatic carbocycles. The van der Waals surface area contributed by atoms with Crippen molar-refractivity contribution in [3.05, 3.63) is 23.0 Å². The highest BCUT2D eigenvalue weighted by atomic mass is 16.3. The van der Waals surface area contributed by atoms with E-state index in [4.69, 9.17) is 0 Å². The molecule has 0 heterocycles. The van der Waals surface area contributed by atoms with E-state index in [1.165, 1.54) is 11.1 Å². The van der Waals surface area contributed by atoms with E-state index in [1.807, 2.05) is 6.08 Å². The molecule has 0 saturated heterocycles. The van der Waals surface area contributed by atoms with Gasteiger partial charge in [0.25, 0.3) is 0 Å². The lowest BCUT2D eigenvalue weighted by atomic mass is 9.49. The number of amides is 2. The van der Waals surface area contributed by atoms with Gasteiger partial charge in [0.2, 0.25) is 11.8 Å². The molecule has 6 atom stereocenters. The molecule has 4 rings (SSSR count). The van der Waals surface area contributed by atoms with Crippen LogP contribution < -0.4 is 10.6 Å². The Morgan fingerprint density at radius 3 is 2.50 bits per heavy atom. The van der Waals surface area contributed by atoms with E-state index in [9.17, 15) is 14.7 Å². The summed E-state index contributed by atoms with van der Waals surface area (Å²) in [4.78, 5) is 23.8. The van der Waals surface area contributed by atoms with E-state index < -0.39 is 0 Å². The maximum Gasteiger partial charge on any atom is 0.217 e. The number of fused-ring (bicyclic) bond motifs is 4. The maximum atomic E-state index is 12.0. The molecule has 3 N–H and O–H groups in total. The second-order valence-corrected chi connectivity index (χ2v) is 9.87. The molecule has 28 heavy (non-hydrogen) atoms. The highest BCUT2D eigenvalue weighted by Gasteiger charge is 2.58. The Morgan fingerprint density at radius 1 is 1.11 bits per heavy atom. The number of hydrogen-bond acceptors (Lipinski definition) is 3. The first-order valence-corrected chi connectivity index (χ1v) is 10.8. The van der Waals surface area contributed by atoms with Gasteiger partial charge in [-0.25, -0.2) is 0 Å². The number of nitrogens with one attached hydrogen (secondary N) is 2. The third kappa shape index (κ3) is 2.73. The van der Waals surface area contributed by atoms with Gasteiger partial charge in [0.1, 0.15) is 0 Å². The minimum atomic E-state index is -0.233. The molecular formula is C23H34N2O3. The number of allylic oxidation sites excluding steroid dienone is 2. The van der Waals surface area contributed by atoms with Crippen molar-refractivity contribution in [1.82, 2.24) is 10.6 Å². The summed E-state index contributed by atoms with van der Waals surface area (Å²) >= 11 is 0. The molecule has 4 aliphatic rings. The first-order valence-electron chi connectivity index (χ1n) is 10.8. The van der Waals surface area contributed by atoms with E-state index in [0.717, 1.165) is 44.9 Å². The van der Waals surface area contributed by atoms with Gasteiger partial charge in [-0.1, -0.05) is 19.4 Å². The Bertz CT molecular complexity index is 770. The van der Waals surface area contributed by atoms with E-state index in [-0.39, 0.29) is 40.6 Å². The van der Waals surface area contributed by atoms with Gasteiger partial charge in [0, 0.05) is 30.7 Å². The zero-order valence-electron chi connectivity index (χ0n) is 17.6. The molecule has 0 unspecified atom stereocenters. The van der Waals surface area contributed by atoms with Crippen LogP contribution in [0.25, 0.3) is 0 Å². The summed E-state index contributed by atoms with van der Waals surface area (Å²) in [6.45, 7) is 7.72. The lowest BCUT2D eigenvalue weighted by Gasteiger charge is -2.57. The molecule has 2 fully saturated rings. The van der Waals surface area contributed by atoms with Crippen LogP contribution in [-0.4, -0.2) is 29.0 Å². The summed E-state index contributed by atoms with van der Waals surface area (Å²) in [6.07, 6.45) is 8.83. The molecular weight excluding hydrogens is 352 g/mol. The predicted molar refractivity (Wildman–Crippen MR) is 108 cm³/mol. The van der Waals surface area contributed by atoms with Gasteiger partial charge in [0.15, 0.2) is 0 Å². The summed E-state index contributed by atoms with van der Waals surface area (Å²) in [5.74, 6) is 1.24. The number of rotatable bonds is 2. The third-order valence-electron chi connectivity index (χ3n) is 8.45. The summed E-state index contributed by atoms with van der Waals surface area (Å²) in [6, 6.07) is 0.213. The van der Waals surface area contributed by atoms with Gasteiger partial charge in [-0.05, 0) is 68.4 Å². The summed E-state index contributed by atoms with van der Waals surface area (Å²) in [5, 5.41) is 17.4. The summed E-state index contributed by atoms with van der Waals surface area (Å²) < 4.78 is 0. The molecule has 0 aromatic heterocycles. The van der Waals surface area contributed by atoms with Gasteiger partial charge in [-0.2, -0.15) is 0 Å². The largest absolute Gasteiger partial charge is 0.512 e. The summed E-state index contributed by atoms with van der Waals surface area (Å²) in [5.41, 5.74) is 2.51.